The fraction of sp³-hybridized carbons (Fsp3) is 0. The molecule has 0 radical (unpaired) electrons. The van der Waals surface area contributed by atoms with E-state index >= 15 is 0 Å². The Labute approximate surface area is 107 Å². The summed E-state index contributed by atoms with van der Waals surface area (Å²) in [6, 6.07) is 10.4. The molecule has 19 heavy (non-hydrogen) atoms. The Bertz CT molecular complexity index is 864. The van der Waals surface area contributed by atoms with E-state index in [4.69, 9.17) is 0 Å². The van der Waals surface area contributed by atoms with Crippen LogP contribution in [0, 0.1) is 0 Å². The van der Waals surface area contributed by atoms with Gasteiger partial charge in [-0.2, -0.15) is 0 Å². The second kappa shape index (κ2) is 3.35. The maximum Gasteiger partial charge on any atom is 0.283 e. The number of benzene rings is 1. The van der Waals surface area contributed by atoms with Crippen molar-refractivity contribution in [2.75, 3.05) is 0 Å². The first-order valence-corrected chi connectivity index (χ1v) is 5.79. The van der Waals surface area contributed by atoms with E-state index in [2.05, 4.69) is 9.97 Å². The van der Waals surface area contributed by atoms with Gasteiger partial charge in [-0.1, -0.05) is 12.1 Å². The Hall–Kier alpha value is -2.82. The lowest BCUT2D eigenvalue weighted by atomic mass is 10.0. The van der Waals surface area contributed by atoms with Crippen molar-refractivity contribution >= 4 is 22.7 Å². The summed E-state index contributed by atoms with van der Waals surface area (Å²) in [5.41, 5.74) is 1.76. The van der Waals surface area contributed by atoms with Gasteiger partial charge in [-0.15, -0.1) is 0 Å². The number of hydrogen-bond acceptors (Lipinski definition) is 4. The third kappa shape index (κ3) is 1.18. The molecule has 0 fully saturated rings. The first-order valence-electron chi connectivity index (χ1n) is 5.79. The summed E-state index contributed by atoms with van der Waals surface area (Å²) in [5.74, 6) is -0.412. The van der Waals surface area contributed by atoms with E-state index in [0.29, 0.717) is 16.6 Å². The maximum atomic E-state index is 12.4. The molecule has 2 aromatic heterocycles. The van der Waals surface area contributed by atoms with Crippen LogP contribution >= 0.6 is 0 Å². The first kappa shape index (κ1) is 10.1. The molecular weight excluding hydrogens is 242 g/mol. The number of aromatic nitrogens is 3. The second-order valence-electron chi connectivity index (χ2n) is 4.29. The number of fused-ring (bicyclic) bond motifs is 4. The zero-order chi connectivity index (χ0) is 13.0. The lowest BCUT2D eigenvalue weighted by Gasteiger charge is -2.14. The molecular formula is C14H7N3O2. The van der Waals surface area contributed by atoms with Crippen molar-refractivity contribution in [3.63, 3.8) is 0 Å². The highest BCUT2D eigenvalue weighted by molar-refractivity contribution is 6.21. The van der Waals surface area contributed by atoms with Crippen molar-refractivity contribution in [1.29, 1.82) is 0 Å². The fourth-order valence-electron chi connectivity index (χ4n) is 2.37. The number of ketones is 1. The van der Waals surface area contributed by atoms with Crippen LogP contribution in [0.25, 0.3) is 11.0 Å². The number of para-hydroxylation sites is 2. The number of imidazole rings is 1. The normalized spacial score (nSPS) is 13.5. The molecule has 4 rings (SSSR count). The predicted molar refractivity (Wildman–Crippen MR) is 67.1 cm³/mol. The number of hydrogen-bond donors (Lipinski definition) is 0. The van der Waals surface area contributed by atoms with Crippen LogP contribution in [0.4, 0.5) is 0 Å². The summed E-state index contributed by atoms with van der Waals surface area (Å²) < 4.78 is 1.34. The van der Waals surface area contributed by atoms with Crippen LogP contribution in [-0.4, -0.2) is 26.2 Å². The number of carbonyl (C=O) groups excluding carboxylic acids is 2. The lowest BCUT2D eigenvalue weighted by Crippen LogP contribution is -2.28. The van der Waals surface area contributed by atoms with E-state index in [0.717, 1.165) is 0 Å². The van der Waals surface area contributed by atoms with Crippen molar-refractivity contribution in [2.24, 2.45) is 0 Å². The monoisotopic (exact) mass is 249 g/mol. The Morgan fingerprint density at radius 1 is 1.00 bits per heavy atom. The predicted octanol–water partition coefficient (Wildman–Crippen LogP) is 1.66. The largest absolute Gasteiger partial charge is 0.285 e. The molecule has 5 nitrogen and oxygen atoms in total. The smallest absolute Gasteiger partial charge is 0.283 e. The van der Waals surface area contributed by atoms with Crippen molar-refractivity contribution in [1.82, 2.24) is 14.5 Å². The van der Waals surface area contributed by atoms with Gasteiger partial charge in [0.15, 0.2) is 5.82 Å². The molecule has 90 valence electrons. The topological polar surface area (TPSA) is 64.8 Å². The highest BCUT2D eigenvalue weighted by Gasteiger charge is 2.33. The second-order valence-corrected chi connectivity index (χ2v) is 4.29. The summed E-state index contributed by atoms with van der Waals surface area (Å²) in [6.07, 6.45) is 1.51. The summed E-state index contributed by atoms with van der Waals surface area (Å²) in [4.78, 5) is 33.0. The minimum Gasteiger partial charge on any atom is -0.285 e. The van der Waals surface area contributed by atoms with Crippen LogP contribution in [-0.2, 0) is 0 Å². The highest BCUT2D eigenvalue weighted by atomic mass is 16.2. The Kier molecular flexibility index (Phi) is 1.79. The number of pyridine rings is 1. The standard InChI is InChI=1S/C14H7N3O2/c18-12-8-4-3-7-15-11(8)14(19)17-10-6-2-1-5-9(10)16-13(12)17/h1-7H. The molecule has 0 bridgehead atoms. The van der Waals surface area contributed by atoms with Gasteiger partial charge in [0.05, 0.1) is 16.6 Å². The van der Waals surface area contributed by atoms with Crippen molar-refractivity contribution in [3.05, 3.63) is 59.7 Å². The van der Waals surface area contributed by atoms with Gasteiger partial charge in [0, 0.05) is 6.20 Å². The van der Waals surface area contributed by atoms with E-state index < -0.39 is 0 Å². The first-order chi connectivity index (χ1) is 9.27. The third-order valence-electron chi connectivity index (χ3n) is 3.22. The SMILES string of the molecule is O=C1c2cccnc2C(=O)n2c1nc1ccccc12. The zero-order valence-electron chi connectivity index (χ0n) is 9.70. The molecule has 0 spiro atoms. The van der Waals surface area contributed by atoms with E-state index in [-0.39, 0.29) is 23.2 Å². The fourth-order valence-corrected chi connectivity index (χ4v) is 2.37. The van der Waals surface area contributed by atoms with Crippen LogP contribution < -0.4 is 0 Å². The van der Waals surface area contributed by atoms with Crippen LogP contribution in [0.3, 0.4) is 0 Å². The third-order valence-corrected chi connectivity index (χ3v) is 3.22. The van der Waals surface area contributed by atoms with Crippen LogP contribution in [0.2, 0.25) is 0 Å². The van der Waals surface area contributed by atoms with Gasteiger partial charge < -0.3 is 0 Å². The highest BCUT2D eigenvalue weighted by Crippen LogP contribution is 2.25. The van der Waals surface area contributed by atoms with Gasteiger partial charge in [0.1, 0.15) is 5.69 Å². The van der Waals surface area contributed by atoms with Gasteiger partial charge >= 0.3 is 0 Å². The summed E-state index contributed by atoms with van der Waals surface area (Å²) in [6.45, 7) is 0. The minimum absolute atomic E-state index is 0.159. The van der Waals surface area contributed by atoms with Gasteiger partial charge in [-0.05, 0) is 24.3 Å². The number of nitrogens with zero attached hydrogens (tertiary/aromatic N) is 3. The summed E-state index contributed by atoms with van der Waals surface area (Å²) >= 11 is 0. The molecule has 0 aliphatic carbocycles. The van der Waals surface area contributed by atoms with Gasteiger partial charge in [0.25, 0.3) is 5.91 Å². The molecule has 0 saturated heterocycles. The molecule has 1 aliphatic heterocycles. The van der Waals surface area contributed by atoms with Gasteiger partial charge in [-0.25, -0.2) is 4.98 Å². The van der Waals surface area contributed by atoms with Crippen molar-refractivity contribution < 1.29 is 9.59 Å². The average Bonchev–Trinajstić information content (AvgIpc) is 2.84. The molecule has 1 aromatic carbocycles. The molecule has 0 atom stereocenters. The molecule has 0 amide bonds. The quantitative estimate of drug-likeness (QED) is 0.475. The minimum atomic E-state index is -0.307. The number of rotatable bonds is 0. The zero-order valence-corrected chi connectivity index (χ0v) is 9.70. The van der Waals surface area contributed by atoms with Crippen LogP contribution in [0.5, 0.6) is 0 Å². The maximum absolute atomic E-state index is 12.4. The summed E-state index contributed by atoms with van der Waals surface area (Å²) in [7, 11) is 0. The Morgan fingerprint density at radius 2 is 1.84 bits per heavy atom. The van der Waals surface area contributed by atoms with E-state index in [9.17, 15) is 9.59 Å². The van der Waals surface area contributed by atoms with Gasteiger partial charge in [-0.3, -0.25) is 19.1 Å². The van der Waals surface area contributed by atoms with Crippen LogP contribution in [0.1, 0.15) is 26.7 Å². The molecule has 3 aromatic rings. The van der Waals surface area contributed by atoms with E-state index in [1.165, 1.54) is 10.8 Å². The van der Waals surface area contributed by atoms with E-state index in [1.54, 1.807) is 24.3 Å². The molecule has 0 saturated carbocycles. The molecule has 5 heteroatoms. The Balaban J connectivity index is 2.14. The van der Waals surface area contributed by atoms with Crippen molar-refractivity contribution in [3.8, 4) is 0 Å². The number of carbonyl (C=O) groups is 2. The average molecular weight is 249 g/mol. The van der Waals surface area contributed by atoms with Crippen LogP contribution in [0.15, 0.2) is 42.6 Å². The lowest BCUT2D eigenvalue weighted by molar-refractivity contribution is 0.0906. The molecule has 0 unspecified atom stereocenters. The Morgan fingerprint density at radius 3 is 2.74 bits per heavy atom. The van der Waals surface area contributed by atoms with E-state index in [1.807, 2.05) is 12.1 Å². The molecule has 1 aliphatic rings. The summed E-state index contributed by atoms with van der Waals surface area (Å²) in [5, 5.41) is 0. The molecule has 3 heterocycles. The van der Waals surface area contributed by atoms with Gasteiger partial charge in [0.2, 0.25) is 5.78 Å². The van der Waals surface area contributed by atoms with Crippen molar-refractivity contribution in [2.45, 2.75) is 0 Å². The molecule has 0 N–H and O–H groups in total.